The molecule has 2 unspecified atom stereocenters. The molecule has 1 saturated heterocycles. The number of piperidine rings is 1. The molecule has 1 rings (SSSR count). The summed E-state index contributed by atoms with van der Waals surface area (Å²) in [4.78, 5) is 14.4. The first-order valence-corrected chi connectivity index (χ1v) is 6.34. The largest absolute Gasteiger partial charge is 0.342 e. The van der Waals surface area contributed by atoms with Crippen LogP contribution in [-0.4, -0.2) is 28.7 Å². The van der Waals surface area contributed by atoms with Gasteiger partial charge in [0.1, 0.15) is 0 Å². The molecule has 0 bridgehead atoms. The number of rotatable bonds is 2. The Hall–Kier alpha value is -0.0500. The van der Waals surface area contributed by atoms with Crippen LogP contribution < -0.4 is 0 Å². The van der Waals surface area contributed by atoms with Crippen LogP contribution >= 0.6 is 15.9 Å². The number of carbonyl (C=O) groups excluding carboxylic acids is 1. The van der Waals surface area contributed by atoms with E-state index in [0.29, 0.717) is 29.0 Å². The Kier molecular flexibility index (Phi) is 4.42. The Labute approximate surface area is 95.2 Å². The highest BCUT2D eigenvalue weighted by atomic mass is 79.9. The van der Waals surface area contributed by atoms with E-state index in [9.17, 15) is 4.79 Å². The van der Waals surface area contributed by atoms with E-state index in [1.807, 2.05) is 4.90 Å². The van der Waals surface area contributed by atoms with Crippen molar-refractivity contribution < 1.29 is 4.79 Å². The minimum Gasteiger partial charge on any atom is -0.342 e. The van der Waals surface area contributed by atoms with Crippen molar-refractivity contribution in [1.29, 1.82) is 0 Å². The summed E-state index contributed by atoms with van der Waals surface area (Å²) in [5.74, 6) is 1.38. The SMILES string of the molecule is CC(C)CC(=O)N1CCC(Br)C(C)C1. The summed E-state index contributed by atoms with van der Waals surface area (Å²) < 4.78 is 0. The lowest BCUT2D eigenvalue weighted by Crippen LogP contribution is -2.43. The highest BCUT2D eigenvalue weighted by Crippen LogP contribution is 2.24. The molecule has 1 aliphatic heterocycles. The molecule has 0 radical (unpaired) electrons. The van der Waals surface area contributed by atoms with Crippen molar-refractivity contribution in [2.75, 3.05) is 13.1 Å². The zero-order valence-corrected chi connectivity index (χ0v) is 10.9. The van der Waals surface area contributed by atoms with Crippen LogP contribution in [0.25, 0.3) is 0 Å². The number of hydrogen-bond acceptors (Lipinski definition) is 1. The molecule has 3 heteroatoms. The molecule has 0 spiro atoms. The van der Waals surface area contributed by atoms with Crippen LogP contribution in [0.1, 0.15) is 33.6 Å². The Morgan fingerprint density at radius 2 is 2.21 bits per heavy atom. The highest BCUT2D eigenvalue weighted by Gasteiger charge is 2.26. The van der Waals surface area contributed by atoms with Gasteiger partial charge in [-0.15, -0.1) is 0 Å². The van der Waals surface area contributed by atoms with Gasteiger partial charge in [0.05, 0.1) is 0 Å². The molecule has 0 aromatic rings. The molecule has 2 nitrogen and oxygen atoms in total. The third kappa shape index (κ3) is 3.26. The summed E-state index contributed by atoms with van der Waals surface area (Å²) in [6.07, 6.45) is 1.78. The Morgan fingerprint density at radius 1 is 1.57 bits per heavy atom. The zero-order valence-electron chi connectivity index (χ0n) is 9.29. The van der Waals surface area contributed by atoms with Gasteiger partial charge in [0.15, 0.2) is 0 Å². The van der Waals surface area contributed by atoms with Crippen molar-refractivity contribution in [2.45, 2.75) is 38.4 Å². The van der Waals surface area contributed by atoms with E-state index in [0.717, 1.165) is 19.5 Å². The summed E-state index contributed by atoms with van der Waals surface area (Å²) in [5, 5.41) is 0. The van der Waals surface area contributed by atoms with Gasteiger partial charge in [-0.3, -0.25) is 4.79 Å². The number of halogens is 1. The Balaban J connectivity index is 2.42. The quantitative estimate of drug-likeness (QED) is 0.700. The molecule has 14 heavy (non-hydrogen) atoms. The second-order valence-corrected chi connectivity index (χ2v) is 5.90. The summed E-state index contributed by atoms with van der Waals surface area (Å²) in [6, 6.07) is 0. The number of alkyl halides is 1. The smallest absolute Gasteiger partial charge is 0.222 e. The van der Waals surface area contributed by atoms with Crippen molar-refractivity contribution in [3.8, 4) is 0 Å². The summed E-state index contributed by atoms with van der Waals surface area (Å²) >= 11 is 3.64. The third-order valence-electron chi connectivity index (χ3n) is 2.74. The van der Waals surface area contributed by atoms with E-state index in [1.165, 1.54) is 0 Å². The van der Waals surface area contributed by atoms with E-state index in [2.05, 4.69) is 36.7 Å². The lowest BCUT2D eigenvalue weighted by atomic mass is 9.99. The van der Waals surface area contributed by atoms with E-state index in [-0.39, 0.29) is 0 Å². The minimum atomic E-state index is 0.325. The van der Waals surface area contributed by atoms with Crippen molar-refractivity contribution in [2.24, 2.45) is 11.8 Å². The van der Waals surface area contributed by atoms with Crippen LogP contribution in [0.5, 0.6) is 0 Å². The Morgan fingerprint density at radius 3 is 2.71 bits per heavy atom. The van der Waals surface area contributed by atoms with E-state index in [4.69, 9.17) is 0 Å². The van der Waals surface area contributed by atoms with Gasteiger partial charge in [0, 0.05) is 24.3 Å². The van der Waals surface area contributed by atoms with Crippen LogP contribution in [0.2, 0.25) is 0 Å². The van der Waals surface area contributed by atoms with E-state index in [1.54, 1.807) is 0 Å². The second kappa shape index (κ2) is 5.15. The predicted octanol–water partition coefficient (Wildman–Crippen LogP) is 2.66. The van der Waals surface area contributed by atoms with Crippen molar-refractivity contribution in [3.05, 3.63) is 0 Å². The molecular formula is C11H20BrNO. The molecule has 0 aliphatic carbocycles. The minimum absolute atomic E-state index is 0.325. The number of likely N-dealkylation sites (tertiary alicyclic amines) is 1. The lowest BCUT2D eigenvalue weighted by molar-refractivity contribution is -0.133. The fourth-order valence-electron chi connectivity index (χ4n) is 1.82. The normalized spacial score (nSPS) is 28.2. The van der Waals surface area contributed by atoms with Crippen LogP contribution in [0, 0.1) is 11.8 Å². The van der Waals surface area contributed by atoms with Crippen molar-refractivity contribution in [3.63, 3.8) is 0 Å². The molecule has 1 amide bonds. The molecule has 2 atom stereocenters. The van der Waals surface area contributed by atoms with Crippen LogP contribution in [-0.2, 0) is 4.79 Å². The highest BCUT2D eigenvalue weighted by molar-refractivity contribution is 9.09. The average molecular weight is 262 g/mol. The monoisotopic (exact) mass is 261 g/mol. The molecule has 1 aliphatic rings. The first kappa shape index (κ1) is 12.0. The maximum absolute atomic E-state index is 11.8. The molecular weight excluding hydrogens is 242 g/mol. The van der Waals surface area contributed by atoms with Gasteiger partial charge in [-0.2, -0.15) is 0 Å². The van der Waals surface area contributed by atoms with Gasteiger partial charge in [-0.05, 0) is 18.3 Å². The lowest BCUT2D eigenvalue weighted by Gasteiger charge is -2.34. The summed E-state index contributed by atoms with van der Waals surface area (Å²) in [6.45, 7) is 8.23. The maximum Gasteiger partial charge on any atom is 0.222 e. The molecule has 0 N–H and O–H groups in total. The first-order chi connectivity index (χ1) is 6.50. The average Bonchev–Trinajstić information content (AvgIpc) is 2.08. The van der Waals surface area contributed by atoms with Crippen molar-refractivity contribution in [1.82, 2.24) is 4.90 Å². The number of hydrogen-bond donors (Lipinski definition) is 0. The third-order valence-corrected chi connectivity index (χ3v) is 4.10. The second-order valence-electron chi connectivity index (χ2n) is 4.72. The molecule has 1 fully saturated rings. The van der Waals surface area contributed by atoms with Crippen LogP contribution in [0.4, 0.5) is 0 Å². The van der Waals surface area contributed by atoms with Gasteiger partial charge in [0.2, 0.25) is 5.91 Å². The van der Waals surface area contributed by atoms with Crippen LogP contribution in [0.15, 0.2) is 0 Å². The van der Waals surface area contributed by atoms with E-state index >= 15 is 0 Å². The number of amides is 1. The fraction of sp³-hybridized carbons (Fsp3) is 0.909. The summed E-state index contributed by atoms with van der Waals surface area (Å²) in [7, 11) is 0. The molecule has 0 aromatic carbocycles. The number of carbonyl (C=O) groups is 1. The zero-order chi connectivity index (χ0) is 10.7. The molecule has 82 valence electrons. The number of nitrogens with zero attached hydrogens (tertiary/aromatic N) is 1. The maximum atomic E-state index is 11.8. The molecule has 1 heterocycles. The van der Waals surface area contributed by atoms with Crippen molar-refractivity contribution >= 4 is 21.8 Å². The van der Waals surface area contributed by atoms with Gasteiger partial charge in [-0.25, -0.2) is 0 Å². The van der Waals surface area contributed by atoms with Gasteiger partial charge >= 0.3 is 0 Å². The van der Waals surface area contributed by atoms with E-state index < -0.39 is 0 Å². The van der Waals surface area contributed by atoms with Gasteiger partial charge < -0.3 is 4.90 Å². The fourth-order valence-corrected chi connectivity index (χ4v) is 2.19. The molecule has 0 aromatic heterocycles. The Bertz CT molecular complexity index is 205. The molecule has 0 saturated carbocycles. The topological polar surface area (TPSA) is 20.3 Å². The standard InChI is InChI=1S/C11H20BrNO/c1-8(2)6-11(14)13-5-4-10(12)9(3)7-13/h8-10H,4-7H2,1-3H3. The van der Waals surface area contributed by atoms with Gasteiger partial charge in [-0.1, -0.05) is 36.7 Å². The first-order valence-electron chi connectivity index (χ1n) is 5.42. The summed E-state index contributed by atoms with van der Waals surface area (Å²) in [5.41, 5.74) is 0. The van der Waals surface area contributed by atoms with Crippen LogP contribution in [0.3, 0.4) is 0 Å². The van der Waals surface area contributed by atoms with Gasteiger partial charge in [0.25, 0.3) is 0 Å². The predicted molar refractivity (Wildman–Crippen MR) is 62.5 cm³/mol.